The Bertz CT molecular complexity index is 1340. The molecule has 5 rings (SSSR count). The summed E-state index contributed by atoms with van der Waals surface area (Å²) in [6.45, 7) is -1.37. The smallest absolute Gasteiger partial charge is 0.405 e. The third-order valence-electron chi connectivity index (χ3n) is 6.50. The van der Waals surface area contributed by atoms with Gasteiger partial charge in [-0.2, -0.15) is 13.2 Å². The highest BCUT2D eigenvalue weighted by Gasteiger charge is 2.49. The molecule has 1 aliphatic carbocycles. The van der Waals surface area contributed by atoms with Crippen LogP contribution >= 0.6 is 11.8 Å². The molecule has 0 saturated carbocycles. The number of carbonyl (C=O) groups excluding carboxylic acids is 1. The maximum Gasteiger partial charge on any atom is 0.405 e. The molecule has 0 unspecified atom stereocenters. The first-order valence-electron chi connectivity index (χ1n) is 11.9. The minimum atomic E-state index is -4.49. The van der Waals surface area contributed by atoms with Crippen LogP contribution in [0.5, 0.6) is 0 Å². The van der Waals surface area contributed by atoms with Crippen LogP contribution in [0.4, 0.5) is 13.2 Å². The number of amides is 1. The maximum absolute atomic E-state index is 13.5. The van der Waals surface area contributed by atoms with E-state index in [1.807, 2.05) is 78.9 Å². The van der Waals surface area contributed by atoms with Gasteiger partial charge in [-0.25, -0.2) is 0 Å². The third kappa shape index (κ3) is 5.13. The van der Waals surface area contributed by atoms with Gasteiger partial charge in [-0.15, -0.1) is 10.2 Å². The van der Waals surface area contributed by atoms with Crippen molar-refractivity contribution in [3.8, 4) is 22.6 Å². The predicted molar refractivity (Wildman–Crippen MR) is 136 cm³/mol. The van der Waals surface area contributed by atoms with Crippen molar-refractivity contribution in [3.05, 3.63) is 90.0 Å². The summed E-state index contributed by atoms with van der Waals surface area (Å²) >= 11 is 1.42. The van der Waals surface area contributed by atoms with Crippen molar-refractivity contribution in [2.24, 2.45) is 0 Å². The standard InChI is InChI=1S/C28H24F3N3O2S/c29-28(30,31)18-32-25(35)27(22-14-6-4-12-20(22)21-13-5-7-15-23(21)27)16-8-9-17-37-26-34-33-24(36-26)19-10-2-1-3-11-19/h1-7,10-15H,8-9,16-18H2,(H,32,35). The van der Waals surface area contributed by atoms with Crippen LogP contribution in [0, 0.1) is 0 Å². The van der Waals surface area contributed by atoms with Gasteiger partial charge in [0.15, 0.2) is 0 Å². The number of fused-ring (bicyclic) bond motifs is 3. The van der Waals surface area contributed by atoms with E-state index in [9.17, 15) is 18.0 Å². The number of unbranched alkanes of at least 4 members (excludes halogenated alkanes) is 1. The first kappa shape index (κ1) is 25.1. The molecule has 0 saturated heterocycles. The van der Waals surface area contributed by atoms with E-state index in [4.69, 9.17) is 4.42 Å². The lowest BCUT2D eigenvalue weighted by Crippen LogP contribution is -2.47. The Labute approximate surface area is 216 Å². The number of nitrogens with zero attached hydrogens (tertiary/aromatic N) is 2. The fourth-order valence-corrected chi connectivity index (χ4v) is 5.66. The number of hydrogen-bond acceptors (Lipinski definition) is 5. The second-order valence-corrected chi connectivity index (χ2v) is 9.89. The lowest BCUT2D eigenvalue weighted by Gasteiger charge is -2.31. The van der Waals surface area contributed by atoms with Gasteiger partial charge in [-0.05, 0) is 47.2 Å². The van der Waals surface area contributed by atoms with E-state index in [1.54, 1.807) is 0 Å². The van der Waals surface area contributed by atoms with Gasteiger partial charge in [0.1, 0.15) is 12.0 Å². The topological polar surface area (TPSA) is 68.0 Å². The number of alkyl halides is 3. The van der Waals surface area contributed by atoms with Gasteiger partial charge in [0.05, 0.1) is 0 Å². The van der Waals surface area contributed by atoms with Crippen LogP contribution in [-0.2, 0) is 10.2 Å². The molecule has 0 aliphatic heterocycles. The number of benzene rings is 3. The molecule has 0 fully saturated rings. The van der Waals surface area contributed by atoms with Crippen molar-refractivity contribution in [2.45, 2.75) is 36.1 Å². The largest absolute Gasteiger partial charge is 0.411 e. The van der Waals surface area contributed by atoms with Crippen LogP contribution in [0.25, 0.3) is 22.6 Å². The zero-order chi connectivity index (χ0) is 25.9. The summed E-state index contributed by atoms with van der Waals surface area (Å²) in [5, 5.41) is 10.8. The molecule has 1 heterocycles. The minimum Gasteiger partial charge on any atom is -0.411 e. The van der Waals surface area contributed by atoms with Crippen LogP contribution in [0.1, 0.15) is 30.4 Å². The van der Waals surface area contributed by atoms with Crippen molar-refractivity contribution in [1.29, 1.82) is 0 Å². The average Bonchev–Trinajstić information content (AvgIpc) is 3.49. The quantitative estimate of drug-likeness (QED) is 0.197. The number of thioether (sulfide) groups is 1. The molecule has 0 radical (unpaired) electrons. The summed E-state index contributed by atoms with van der Waals surface area (Å²) in [7, 11) is 0. The van der Waals surface area contributed by atoms with Gasteiger partial charge < -0.3 is 9.73 Å². The van der Waals surface area contributed by atoms with Crippen LogP contribution in [0.3, 0.4) is 0 Å². The Morgan fingerprint density at radius 2 is 1.49 bits per heavy atom. The molecule has 0 bridgehead atoms. The molecule has 0 atom stereocenters. The normalized spacial score (nSPS) is 13.7. The van der Waals surface area contributed by atoms with E-state index >= 15 is 0 Å². The lowest BCUT2D eigenvalue weighted by atomic mass is 9.73. The lowest BCUT2D eigenvalue weighted by molar-refractivity contribution is -0.141. The molecule has 37 heavy (non-hydrogen) atoms. The zero-order valence-corrected chi connectivity index (χ0v) is 20.6. The zero-order valence-electron chi connectivity index (χ0n) is 19.8. The summed E-state index contributed by atoms with van der Waals surface area (Å²) in [4.78, 5) is 13.5. The number of carbonyl (C=O) groups is 1. The summed E-state index contributed by atoms with van der Waals surface area (Å²) in [6, 6.07) is 24.4. The fraction of sp³-hybridized carbons (Fsp3) is 0.250. The van der Waals surface area contributed by atoms with Gasteiger partial charge in [0, 0.05) is 11.3 Å². The van der Waals surface area contributed by atoms with Crippen LogP contribution in [-0.4, -0.2) is 34.6 Å². The van der Waals surface area contributed by atoms with Gasteiger partial charge >= 0.3 is 6.18 Å². The minimum absolute atomic E-state index is 0.379. The molecule has 1 N–H and O–H groups in total. The molecule has 5 nitrogen and oxygen atoms in total. The molecular formula is C28H24F3N3O2S. The monoisotopic (exact) mass is 523 g/mol. The number of nitrogens with one attached hydrogen (secondary N) is 1. The second kappa shape index (κ2) is 10.4. The highest BCUT2D eigenvalue weighted by molar-refractivity contribution is 7.99. The summed E-state index contributed by atoms with van der Waals surface area (Å²) < 4.78 is 44.8. The van der Waals surface area contributed by atoms with E-state index in [2.05, 4.69) is 15.5 Å². The van der Waals surface area contributed by atoms with Crippen molar-refractivity contribution in [3.63, 3.8) is 0 Å². The number of halogens is 3. The number of rotatable bonds is 9. The number of aromatic nitrogens is 2. The Hall–Kier alpha value is -3.59. The molecule has 1 amide bonds. The van der Waals surface area contributed by atoms with E-state index in [0.717, 1.165) is 27.8 Å². The van der Waals surface area contributed by atoms with E-state index < -0.39 is 24.0 Å². The SMILES string of the molecule is O=C(NCC(F)(F)F)C1(CCCCSc2nnc(-c3ccccc3)o2)c2ccccc2-c2ccccc21. The van der Waals surface area contributed by atoms with Crippen molar-refractivity contribution >= 4 is 17.7 Å². The molecule has 4 aromatic rings. The van der Waals surface area contributed by atoms with E-state index in [-0.39, 0.29) is 0 Å². The molecule has 3 aromatic carbocycles. The number of hydrogen-bond donors (Lipinski definition) is 1. The third-order valence-corrected chi connectivity index (χ3v) is 7.40. The summed E-state index contributed by atoms with van der Waals surface area (Å²) in [5.41, 5.74) is 2.91. The second-order valence-electron chi connectivity index (χ2n) is 8.84. The summed E-state index contributed by atoms with van der Waals surface area (Å²) in [5.74, 6) is 0.488. The van der Waals surface area contributed by atoms with Crippen molar-refractivity contribution in [1.82, 2.24) is 15.5 Å². The Balaban J connectivity index is 1.31. The molecular weight excluding hydrogens is 499 g/mol. The molecule has 190 valence electrons. The van der Waals surface area contributed by atoms with Gasteiger partial charge in [-0.3, -0.25) is 4.79 Å². The Morgan fingerprint density at radius 3 is 2.14 bits per heavy atom. The van der Waals surface area contributed by atoms with E-state index in [0.29, 0.717) is 36.1 Å². The molecule has 1 aliphatic rings. The Kier molecular flexibility index (Phi) is 7.06. The average molecular weight is 524 g/mol. The van der Waals surface area contributed by atoms with Crippen LogP contribution < -0.4 is 5.32 Å². The van der Waals surface area contributed by atoms with Gasteiger partial charge in [0.25, 0.3) is 5.22 Å². The maximum atomic E-state index is 13.5. The van der Waals surface area contributed by atoms with Gasteiger partial charge in [-0.1, -0.05) is 84.9 Å². The van der Waals surface area contributed by atoms with Crippen molar-refractivity contribution < 1.29 is 22.4 Å². The van der Waals surface area contributed by atoms with E-state index in [1.165, 1.54) is 11.8 Å². The highest BCUT2D eigenvalue weighted by Crippen LogP contribution is 2.51. The van der Waals surface area contributed by atoms with Crippen LogP contribution in [0.2, 0.25) is 0 Å². The predicted octanol–water partition coefficient (Wildman–Crippen LogP) is 6.64. The van der Waals surface area contributed by atoms with Gasteiger partial charge in [0.2, 0.25) is 11.8 Å². The Morgan fingerprint density at radius 1 is 0.865 bits per heavy atom. The fourth-order valence-electron chi connectivity index (χ4n) is 4.90. The molecule has 9 heteroatoms. The van der Waals surface area contributed by atoms with Crippen molar-refractivity contribution in [2.75, 3.05) is 12.3 Å². The molecule has 1 aromatic heterocycles. The molecule has 0 spiro atoms. The first-order valence-corrected chi connectivity index (χ1v) is 12.9. The highest BCUT2D eigenvalue weighted by atomic mass is 32.2. The van der Waals surface area contributed by atoms with Crippen LogP contribution in [0.15, 0.2) is 88.5 Å². The first-order chi connectivity index (χ1) is 17.9. The summed E-state index contributed by atoms with van der Waals surface area (Å²) in [6.07, 6.45) is -2.78.